The monoisotopic (exact) mass is 350 g/mol. The third-order valence-electron chi connectivity index (χ3n) is 5.64. The normalized spacial score (nSPS) is 23.9. The second kappa shape index (κ2) is 7.96. The summed E-state index contributed by atoms with van der Waals surface area (Å²) in [5.41, 5.74) is 2.43. The molecule has 0 bridgehead atoms. The Hall–Kier alpha value is -2.27. The summed E-state index contributed by atoms with van der Waals surface area (Å²) >= 11 is 0. The zero-order valence-corrected chi connectivity index (χ0v) is 15.1. The van der Waals surface area contributed by atoms with Gasteiger partial charge in [-0.05, 0) is 48.6 Å². The first kappa shape index (κ1) is 17.2. The van der Waals surface area contributed by atoms with Crippen LogP contribution in [0.5, 0.6) is 0 Å². The molecule has 2 aromatic rings. The second-order valence-corrected chi connectivity index (χ2v) is 7.43. The molecule has 2 aliphatic rings. The molecule has 1 amide bonds. The molecule has 0 aliphatic carbocycles. The highest BCUT2D eigenvalue weighted by Crippen LogP contribution is 2.35. The van der Waals surface area contributed by atoms with Crippen molar-refractivity contribution < 1.29 is 4.79 Å². The van der Waals surface area contributed by atoms with Gasteiger partial charge in [0.25, 0.3) is 0 Å². The summed E-state index contributed by atoms with van der Waals surface area (Å²) < 4.78 is 0. The van der Waals surface area contributed by atoms with Gasteiger partial charge in [0.1, 0.15) is 0 Å². The van der Waals surface area contributed by atoms with Gasteiger partial charge in [-0.15, -0.1) is 0 Å². The molecule has 0 radical (unpaired) electrons. The molecule has 0 spiro atoms. The maximum atomic E-state index is 13.3. The fourth-order valence-electron chi connectivity index (χ4n) is 4.31. The van der Waals surface area contributed by atoms with Crippen LogP contribution in [0, 0.1) is 5.92 Å². The van der Waals surface area contributed by atoms with Crippen molar-refractivity contribution in [3.63, 3.8) is 0 Å². The molecule has 0 saturated carbocycles. The number of likely N-dealkylation sites (tertiary alicyclic amines) is 2. The highest BCUT2D eigenvalue weighted by molar-refractivity contribution is 5.80. The van der Waals surface area contributed by atoms with E-state index in [4.69, 9.17) is 0 Å². The molecule has 0 N–H and O–H groups in total. The fourth-order valence-corrected chi connectivity index (χ4v) is 4.31. The minimum absolute atomic E-state index is 0.0344. The van der Waals surface area contributed by atoms with Crippen LogP contribution in [0.25, 0.3) is 0 Å². The highest BCUT2D eigenvalue weighted by atomic mass is 16.2. The Kier molecular flexibility index (Phi) is 5.25. The van der Waals surface area contributed by atoms with Gasteiger partial charge in [-0.2, -0.15) is 0 Å². The summed E-state index contributed by atoms with van der Waals surface area (Å²) in [7, 11) is 0. The molecule has 26 heavy (non-hydrogen) atoms. The first-order valence-corrected chi connectivity index (χ1v) is 9.61. The van der Waals surface area contributed by atoms with E-state index in [0.29, 0.717) is 5.91 Å². The van der Waals surface area contributed by atoms with E-state index in [1.807, 2.05) is 24.7 Å². The van der Waals surface area contributed by atoms with E-state index in [1.54, 1.807) is 6.20 Å². The number of pyridine rings is 2. The second-order valence-electron chi connectivity index (χ2n) is 7.43. The molecule has 5 nitrogen and oxygen atoms in total. The van der Waals surface area contributed by atoms with Gasteiger partial charge in [0, 0.05) is 63.4 Å². The Balaban J connectivity index is 1.53. The molecule has 2 fully saturated rings. The topological polar surface area (TPSA) is 49.3 Å². The number of rotatable bonds is 4. The average molecular weight is 350 g/mol. The first-order chi connectivity index (χ1) is 12.8. The lowest BCUT2D eigenvalue weighted by molar-refractivity contribution is -0.136. The van der Waals surface area contributed by atoms with Crippen LogP contribution in [0.1, 0.15) is 36.3 Å². The number of carbonyl (C=O) groups excluding carboxylic acids is 1. The highest BCUT2D eigenvalue weighted by Gasteiger charge is 2.40. The van der Waals surface area contributed by atoms with Crippen LogP contribution in [0.4, 0.5) is 0 Å². The van der Waals surface area contributed by atoms with Crippen LogP contribution in [0.3, 0.4) is 0 Å². The fraction of sp³-hybridized carbons (Fsp3) is 0.476. The van der Waals surface area contributed by atoms with Crippen molar-refractivity contribution >= 4 is 5.91 Å². The molecule has 1 unspecified atom stereocenters. The first-order valence-electron chi connectivity index (χ1n) is 9.61. The number of aromatic nitrogens is 2. The molecule has 2 saturated heterocycles. The zero-order valence-electron chi connectivity index (χ0n) is 15.1. The lowest BCUT2D eigenvalue weighted by Gasteiger charge is -2.31. The van der Waals surface area contributed by atoms with E-state index >= 15 is 0 Å². The third-order valence-corrected chi connectivity index (χ3v) is 5.64. The standard InChI is InChI=1S/C21H26N4O/c26-21(25-11-2-1-3-12-25)20-16-24(14-17-5-4-8-23-13-17)15-19(20)18-6-9-22-10-7-18/h4-10,13,19-20H,1-3,11-12,14-16H2/t19-,20?/m1/s1. The minimum Gasteiger partial charge on any atom is -0.342 e. The molecule has 4 rings (SSSR count). The molecule has 5 heteroatoms. The molecule has 2 aliphatic heterocycles. The Bertz CT molecular complexity index is 715. The number of nitrogens with zero attached hydrogens (tertiary/aromatic N) is 4. The predicted molar refractivity (Wildman–Crippen MR) is 100 cm³/mol. The zero-order chi connectivity index (χ0) is 17.8. The number of piperidine rings is 1. The van der Waals surface area contributed by atoms with Crippen LogP contribution >= 0.6 is 0 Å². The Labute approximate surface area is 155 Å². The van der Waals surface area contributed by atoms with Crippen LogP contribution < -0.4 is 0 Å². The van der Waals surface area contributed by atoms with Gasteiger partial charge < -0.3 is 4.90 Å². The SMILES string of the molecule is O=C(C1CN(Cc2cccnc2)C[C@@H]1c1ccncc1)N1CCCCC1. The van der Waals surface area contributed by atoms with Gasteiger partial charge in [-0.3, -0.25) is 19.7 Å². The summed E-state index contributed by atoms with van der Waals surface area (Å²) in [5.74, 6) is 0.608. The molecule has 0 aromatic carbocycles. The van der Waals surface area contributed by atoms with Gasteiger partial charge in [-0.1, -0.05) is 6.07 Å². The number of carbonyl (C=O) groups is 1. The summed E-state index contributed by atoms with van der Waals surface area (Å²) in [6.07, 6.45) is 10.9. The van der Waals surface area contributed by atoms with Gasteiger partial charge >= 0.3 is 0 Å². The predicted octanol–water partition coefficient (Wildman–Crippen LogP) is 2.70. The summed E-state index contributed by atoms with van der Waals surface area (Å²) in [6.45, 7) is 4.40. The molecule has 2 atom stereocenters. The summed E-state index contributed by atoms with van der Waals surface area (Å²) in [5, 5.41) is 0. The van der Waals surface area contributed by atoms with E-state index in [1.165, 1.54) is 17.5 Å². The van der Waals surface area contributed by atoms with Crippen molar-refractivity contribution in [2.45, 2.75) is 31.7 Å². The van der Waals surface area contributed by atoms with Crippen molar-refractivity contribution in [2.75, 3.05) is 26.2 Å². The van der Waals surface area contributed by atoms with Crippen molar-refractivity contribution in [1.82, 2.24) is 19.8 Å². The Morgan fingerprint density at radius 1 is 1.00 bits per heavy atom. The van der Waals surface area contributed by atoms with Crippen LogP contribution in [0.15, 0.2) is 49.1 Å². The van der Waals surface area contributed by atoms with Gasteiger partial charge in [0.2, 0.25) is 5.91 Å². The van der Waals surface area contributed by atoms with Crippen molar-refractivity contribution in [2.24, 2.45) is 5.92 Å². The van der Waals surface area contributed by atoms with Crippen LogP contribution in [-0.2, 0) is 11.3 Å². The maximum Gasteiger partial charge on any atom is 0.227 e. The van der Waals surface area contributed by atoms with Crippen LogP contribution in [-0.4, -0.2) is 51.9 Å². The number of amides is 1. The van der Waals surface area contributed by atoms with Gasteiger partial charge in [0.05, 0.1) is 5.92 Å². The summed E-state index contributed by atoms with van der Waals surface area (Å²) in [6, 6.07) is 8.21. The van der Waals surface area contributed by atoms with Gasteiger partial charge in [0.15, 0.2) is 0 Å². The van der Waals surface area contributed by atoms with E-state index in [2.05, 4.69) is 38.0 Å². The van der Waals surface area contributed by atoms with Gasteiger partial charge in [-0.25, -0.2) is 0 Å². The minimum atomic E-state index is 0.0344. The molecule has 4 heterocycles. The van der Waals surface area contributed by atoms with Crippen molar-refractivity contribution in [3.8, 4) is 0 Å². The smallest absolute Gasteiger partial charge is 0.227 e. The maximum absolute atomic E-state index is 13.3. The Morgan fingerprint density at radius 2 is 1.81 bits per heavy atom. The quantitative estimate of drug-likeness (QED) is 0.851. The van der Waals surface area contributed by atoms with Crippen molar-refractivity contribution in [1.29, 1.82) is 0 Å². The van der Waals surface area contributed by atoms with E-state index in [0.717, 1.165) is 45.6 Å². The molecular weight excluding hydrogens is 324 g/mol. The lowest BCUT2D eigenvalue weighted by Crippen LogP contribution is -2.41. The average Bonchev–Trinajstić information content (AvgIpc) is 3.13. The molecule has 2 aromatic heterocycles. The van der Waals surface area contributed by atoms with Crippen LogP contribution in [0.2, 0.25) is 0 Å². The van der Waals surface area contributed by atoms with E-state index in [-0.39, 0.29) is 11.8 Å². The van der Waals surface area contributed by atoms with E-state index < -0.39 is 0 Å². The lowest BCUT2D eigenvalue weighted by atomic mass is 9.88. The largest absolute Gasteiger partial charge is 0.342 e. The summed E-state index contributed by atoms with van der Waals surface area (Å²) in [4.78, 5) is 26.1. The Morgan fingerprint density at radius 3 is 2.54 bits per heavy atom. The third kappa shape index (κ3) is 3.78. The van der Waals surface area contributed by atoms with E-state index in [9.17, 15) is 4.79 Å². The van der Waals surface area contributed by atoms with Crippen molar-refractivity contribution in [3.05, 3.63) is 60.2 Å². The number of hydrogen-bond donors (Lipinski definition) is 0. The molecule has 136 valence electrons. The number of hydrogen-bond acceptors (Lipinski definition) is 4. The molecular formula is C21H26N4O.